The molecule has 0 aliphatic carbocycles. The fraction of sp³-hybridized carbons (Fsp3) is 0.484. The van der Waals surface area contributed by atoms with E-state index in [9.17, 15) is 14.7 Å². The van der Waals surface area contributed by atoms with E-state index in [0.29, 0.717) is 37.7 Å². The Bertz CT molecular complexity index is 1160. The van der Waals surface area contributed by atoms with E-state index in [1.54, 1.807) is 23.1 Å². The molecule has 2 heterocycles. The summed E-state index contributed by atoms with van der Waals surface area (Å²) in [6, 6.07) is 14.4. The van der Waals surface area contributed by atoms with Crippen molar-refractivity contribution in [3.63, 3.8) is 0 Å². The van der Waals surface area contributed by atoms with Crippen molar-refractivity contribution in [2.45, 2.75) is 52.0 Å². The highest BCUT2D eigenvalue weighted by atomic mass is 16.5. The number of carbonyl (C=O) groups excluding carboxylic acids is 2. The normalized spacial score (nSPS) is 20.2. The molecule has 2 fully saturated rings. The van der Waals surface area contributed by atoms with Gasteiger partial charge in [-0.05, 0) is 41.5 Å². The van der Waals surface area contributed by atoms with Crippen LogP contribution in [0.25, 0.3) is 5.76 Å². The molecule has 4 rings (SSSR count). The standard InChI is InChI=1S/C31H40N2O5/c1-5-18-38-25-9-6-8-23(21-25)28(34)26-27(22-10-12-24(13-11-22)31(2,3)4)33(30(36)29(26)35)15-7-14-32-16-19-37-20-17-32/h6,8-13,21,27,34H,5,7,14-20H2,1-4H3/b28-26+. The number of hydrogen-bond donors (Lipinski definition) is 1. The third kappa shape index (κ3) is 6.27. The van der Waals surface area contributed by atoms with Crippen molar-refractivity contribution in [3.05, 3.63) is 70.8 Å². The monoisotopic (exact) mass is 520 g/mol. The lowest BCUT2D eigenvalue weighted by Crippen LogP contribution is -2.39. The maximum absolute atomic E-state index is 13.4. The van der Waals surface area contributed by atoms with Crippen LogP contribution in [0.15, 0.2) is 54.1 Å². The van der Waals surface area contributed by atoms with Crippen molar-refractivity contribution in [1.82, 2.24) is 9.80 Å². The fourth-order valence-electron chi connectivity index (χ4n) is 5.02. The van der Waals surface area contributed by atoms with Crippen LogP contribution in [0, 0.1) is 0 Å². The van der Waals surface area contributed by atoms with Crippen LogP contribution in [0.2, 0.25) is 0 Å². The summed E-state index contributed by atoms with van der Waals surface area (Å²) in [6.45, 7) is 13.4. The van der Waals surface area contributed by atoms with E-state index < -0.39 is 17.7 Å². The number of Topliss-reactive ketones (excluding diaryl/α,β-unsaturated/α-hetero) is 1. The first-order valence-electron chi connectivity index (χ1n) is 13.6. The summed E-state index contributed by atoms with van der Waals surface area (Å²) in [6.07, 6.45) is 1.58. The number of hydrogen-bond acceptors (Lipinski definition) is 6. The molecular weight excluding hydrogens is 480 g/mol. The van der Waals surface area contributed by atoms with Gasteiger partial charge in [-0.25, -0.2) is 0 Å². The highest BCUT2D eigenvalue weighted by molar-refractivity contribution is 6.46. The third-order valence-corrected chi connectivity index (χ3v) is 7.19. The van der Waals surface area contributed by atoms with Crippen molar-refractivity contribution >= 4 is 17.4 Å². The molecule has 1 atom stereocenters. The first-order chi connectivity index (χ1) is 18.2. The van der Waals surface area contributed by atoms with E-state index in [1.807, 2.05) is 37.3 Å². The number of carbonyl (C=O) groups is 2. The third-order valence-electron chi connectivity index (χ3n) is 7.19. The zero-order valence-corrected chi connectivity index (χ0v) is 23.0. The van der Waals surface area contributed by atoms with Crippen LogP contribution in [0.5, 0.6) is 5.75 Å². The lowest BCUT2D eigenvalue weighted by Gasteiger charge is -2.29. The van der Waals surface area contributed by atoms with Gasteiger partial charge in [-0.3, -0.25) is 14.5 Å². The molecule has 0 spiro atoms. The summed E-state index contributed by atoms with van der Waals surface area (Å²) in [7, 11) is 0. The molecule has 2 saturated heterocycles. The second-order valence-electron chi connectivity index (χ2n) is 11.0. The molecule has 2 aromatic carbocycles. The van der Waals surface area contributed by atoms with Gasteiger partial charge in [-0.2, -0.15) is 0 Å². The van der Waals surface area contributed by atoms with Crippen molar-refractivity contribution in [1.29, 1.82) is 0 Å². The number of nitrogens with zero attached hydrogens (tertiary/aromatic N) is 2. The number of morpholine rings is 1. The molecule has 0 bridgehead atoms. The Morgan fingerprint density at radius 3 is 2.42 bits per heavy atom. The minimum Gasteiger partial charge on any atom is -0.507 e. The number of ketones is 1. The number of amides is 1. The Balaban J connectivity index is 1.69. The minimum absolute atomic E-state index is 0.0303. The fourth-order valence-corrected chi connectivity index (χ4v) is 5.02. The lowest BCUT2D eigenvalue weighted by atomic mass is 9.85. The van der Waals surface area contributed by atoms with Gasteiger partial charge in [0.1, 0.15) is 11.5 Å². The van der Waals surface area contributed by atoms with Gasteiger partial charge in [0.15, 0.2) is 0 Å². The highest BCUT2D eigenvalue weighted by Gasteiger charge is 2.46. The average Bonchev–Trinajstić information content (AvgIpc) is 3.17. The van der Waals surface area contributed by atoms with Gasteiger partial charge in [0, 0.05) is 31.7 Å². The second-order valence-corrected chi connectivity index (χ2v) is 11.0. The summed E-state index contributed by atoms with van der Waals surface area (Å²) in [5, 5.41) is 11.4. The minimum atomic E-state index is -0.658. The first kappa shape index (κ1) is 27.9. The molecule has 0 aromatic heterocycles. The van der Waals surface area contributed by atoms with Crippen LogP contribution in [0.3, 0.4) is 0 Å². The molecule has 1 amide bonds. The van der Waals surface area contributed by atoms with Gasteiger partial charge in [0.2, 0.25) is 0 Å². The molecule has 7 heteroatoms. The number of rotatable bonds is 9. The number of likely N-dealkylation sites (tertiary alicyclic amines) is 1. The van der Waals surface area contributed by atoms with Crippen LogP contribution < -0.4 is 4.74 Å². The first-order valence-corrected chi connectivity index (χ1v) is 13.6. The molecular formula is C31H40N2O5. The molecule has 38 heavy (non-hydrogen) atoms. The molecule has 2 aliphatic heterocycles. The Hall–Kier alpha value is -3.16. The van der Waals surface area contributed by atoms with E-state index in [-0.39, 0.29) is 16.7 Å². The average molecular weight is 521 g/mol. The molecule has 0 saturated carbocycles. The van der Waals surface area contributed by atoms with E-state index in [0.717, 1.165) is 43.6 Å². The second kappa shape index (κ2) is 12.1. The number of benzene rings is 2. The van der Waals surface area contributed by atoms with Crippen molar-refractivity contribution in [2.75, 3.05) is 46.0 Å². The molecule has 7 nitrogen and oxygen atoms in total. The Labute approximate surface area is 226 Å². The topological polar surface area (TPSA) is 79.3 Å². The van der Waals surface area contributed by atoms with Crippen LogP contribution in [-0.2, 0) is 19.7 Å². The number of aliphatic hydroxyl groups is 1. The molecule has 204 valence electrons. The van der Waals surface area contributed by atoms with Crippen LogP contribution in [-0.4, -0.2) is 72.6 Å². The summed E-state index contributed by atoms with van der Waals surface area (Å²) in [5.74, 6) is -0.789. The Morgan fingerprint density at radius 1 is 1.05 bits per heavy atom. The van der Waals surface area contributed by atoms with Crippen LogP contribution >= 0.6 is 0 Å². The van der Waals surface area contributed by atoms with Crippen molar-refractivity contribution in [2.24, 2.45) is 0 Å². The van der Waals surface area contributed by atoms with E-state index in [1.165, 1.54) is 0 Å². The summed E-state index contributed by atoms with van der Waals surface area (Å²) >= 11 is 0. The van der Waals surface area contributed by atoms with Gasteiger partial charge in [-0.1, -0.05) is 64.1 Å². The maximum atomic E-state index is 13.4. The van der Waals surface area contributed by atoms with Crippen LogP contribution in [0.4, 0.5) is 0 Å². The molecule has 1 unspecified atom stereocenters. The summed E-state index contributed by atoms with van der Waals surface area (Å²) < 4.78 is 11.2. The molecule has 1 N–H and O–H groups in total. The van der Waals surface area contributed by atoms with Gasteiger partial charge >= 0.3 is 0 Å². The molecule has 2 aliphatic rings. The van der Waals surface area contributed by atoms with E-state index in [4.69, 9.17) is 9.47 Å². The van der Waals surface area contributed by atoms with Gasteiger partial charge in [-0.15, -0.1) is 0 Å². The summed E-state index contributed by atoms with van der Waals surface area (Å²) in [5.41, 5.74) is 2.52. The maximum Gasteiger partial charge on any atom is 0.295 e. The van der Waals surface area contributed by atoms with E-state index in [2.05, 4.69) is 25.7 Å². The van der Waals surface area contributed by atoms with E-state index >= 15 is 0 Å². The van der Waals surface area contributed by atoms with Crippen molar-refractivity contribution in [3.8, 4) is 5.75 Å². The van der Waals surface area contributed by atoms with Crippen LogP contribution in [0.1, 0.15) is 63.3 Å². The smallest absolute Gasteiger partial charge is 0.295 e. The number of aliphatic hydroxyl groups excluding tert-OH is 1. The van der Waals surface area contributed by atoms with Crippen molar-refractivity contribution < 1.29 is 24.2 Å². The Morgan fingerprint density at radius 2 is 1.76 bits per heavy atom. The predicted octanol–water partition coefficient (Wildman–Crippen LogP) is 4.92. The molecule has 2 aromatic rings. The molecule has 0 radical (unpaired) electrons. The summed E-state index contributed by atoms with van der Waals surface area (Å²) in [4.78, 5) is 30.7. The number of ether oxygens (including phenoxy) is 2. The zero-order valence-electron chi connectivity index (χ0n) is 23.0. The van der Waals surface area contributed by atoms with Gasteiger partial charge in [0.05, 0.1) is 31.4 Å². The SMILES string of the molecule is CCCOc1cccc(/C(O)=C2\C(=O)C(=O)N(CCCN3CCOCC3)C2c2ccc(C(C)(C)C)cc2)c1. The predicted molar refractivity (Wildman–Crippen MR) is 148 cm³/mol. The lowest BCUT2D eigenvalue weighted by molar-refractivity contribution is -0.140. The zero-order chi connectivity index (χ0) is 27.3. The highest BCUT2D eigenvalue weighted by Crippen LogP contribution is 2.40. The van der Waals surface area contributed by atoms with Gasteiger partial charge in [0.25, 0.3) is 11.7 Å². The Kier molecular flexibility index (Phi) is 8.90. The largest absolute Gasteiger partial charge is 0.507 e. The quantitative estimate of drug-likeness (QED) is 0.287. The van der Waals surface area contributed by atoms with Gasteiger partial charge < -0.3 is 19.5 Å².